The number of aromatic nitrogens is 2. The average molecular weight is 277 g/mol. The van der Waals surface area contributed by atoms with Crippen molar-refractivity contribution in [1.29, 1.82) is 0 Å². The third kappa shape index (κ3) is 3.38. The maximum Gasteiger partial charge on any atom is 0.0650 e. The smallest absolute Gasteiger partial charge is 0.0650 e. The molecule has 0 saturated carbocycles. The predicted octanol–water partition coefficient (Wildman–Crippen LogP) is 3.67. The van der Waals surface area contributed by atoms with E-state index < -0.39 is 0 Å². The lowest BCUT2D eigenvalue weighted by molar-refractivity contribution is 0.691. The van der Waals surface area contributed by atoms with Gasteiger partial charge in [0.25, 0.3) is 0 Å². The number of nitrogens with zero attached hydrogens (tertiary/aromatic N) is 1. The van der Waals surface area contributed by atoms with E-state index in [1.54, 1.807) is 6.20 Å². The van der Waals surface area contributed by atoms with Crippen LogP contribution in [0.5, 0.6) is 0 Å². The summed E-state index contributed by atoms with van der Waals surface area (Å²) in [7, 11) is 0. The van der Waals surface area contributed by atoms with Crippen LogP contribution in [0.25, 0.3) is 11.3 Å². The molecule has 0 bridgehead atoms. The molecule has 0 spiro atoms. The summed E-state index contributed by atoms with van der Waals surface area (Å²) in [5, 5.41) is 10.4. The van der Waals surface area contributed by atoms with E-state index in [4.69, 9.17) is 0 Å². The highest BCUT2D eigenvalue weighted by Crippen LogP contribution is 2.16. The lowest BCUT2D eigenvalue weighted by Crippen LogP contribution is -2.13. The Morgan fingerprint density at radius 2 is 1.76 bits per heavy atom. The topological polar surface area (TPSA) is 40.7 Å². The molecule has 3 nitrogen and oxygen atoms in total. The number of aromatic amines is 1. The Kier molecular flexibility index (Phi) is 4.12. The van der Waals surface area contributed by atoms with Crippen LogP contribution >= 0.6 is 0 Å². The minimum atomic E-state index is 0.873. The van der Waals surface area contributed by atoms with Crippen molar-refractivity contribution in [2.45, 2.75) is 20.0 Å². The van der Waals surface area contributed by atoms with Crippen LogP contribution in [0.1, 0.15) is 16.7 Å². The fraction of sp³-hybridized carbons (Fsp3) is 0.167. The second kappa shape index (κ2) is 6.37. The van der Waals surface area contributed by atoms with Gasteiger partial charge in [-0.25, -0.2) is 0 Å². The monoisotopic (exact) mass is 277 g/mol. The summed E-state index contributed by atoms with van der Waals surface area (Å²) in [6.45, 7) is 3.92. The molecule has 3 aromatic rings. The van der Waals surface area contributed by atoms with Gasteiger partial charge >= 0.3 is 0 Å². The van der Waals surface area contributed by atoms with Crippen LogP contribution in [-0.4, -0.2) is 10.2 Å². The van der Waals surface area contributed by atoms with Crippen LogP contribution in [0, 0.1) is 6.92 Å². The Morgan fingerprint density at radius 3 is 2.48 bits per heavy atom. The van der Waals surface area contributed by atoms with Crippen LogP contribution in [0.2, 0.25) is 0 Å². The zero-order chi connectivity index (χ0) is 14.5. The highest BCUT2D eigenvalue weighted by Gasteiger charge is 2.00. The minimum absolute atomic E-state index is 0.873. The average Bonchev–Trinajstić information content (AvgIpc) is 3.04. The van der Waals surface area contributed by atoms with E-state index in [-0.39, 0.29) is 0 Å². The predicted molar refractivity (Wildman–Crippen MR) is 85.7 cm³/mol. The summed E-state index contributed by atoms with van der Waals surface area (Å²) in [5.74, 6) is 0. The molecule has 0 aliphatic heterocycles. The molecule has 3 rings (SSSR count). The maximum absolute atomic E-state index is 3.98. The molecule has 0 amide bonds. The minimum Gasteiger partial charge on any atom is -0.309 e. The van der Waals surface area contributed by atoms with Crippen LogP contribution in [-0.2, 0) is 13.1 Å². The van der Waals surface area contributed by atoms with Gasteiger partial charge in [-0.05, 0) is 35.2 Å². The van der Waals surface area contributed by atoms with E-state index in [0.29, 0.717) is 0 Å². The molecule has 1 heterocycles. The third-order valence-corrected chi connectivity index (χ3v) is 3.67. The number of nitrogens with one attached hydrogen (secondary N) is 2. The first-order chi connectivity index (χ1) is 10.3. The Bertz CT molecular complexity index is 685. The fourth-order valence-electron chi connectivity index (χ4n) is 2.37. The summed E-state index contributed by atoms with van der Waals surface area (Å²) in [6.07, 6.45) is 1.77. The van der Waals surface area contributed by atoms with E-state index >= 15 is 0 Å². The molecule has 0 unspecified atom stereocenters. The largest absolute Gasteiger partial charge is 0.309 e. The standard InChI is InChI=1S/C18H19N3/c1-14-4-2-3-5-17(14)13-19-12-15-6-8-16(9-7-15)18-10-11-20-21-18/h2-11,19H,12-13H2,1H3,(H,20,21). The Labute approximate surface area is 125 Å². The van der Waals surface area contributed by atoms with E-state index in [9.17, 15) is 0 Å². The van der Waals surface area contributed by atoms with Crippen LogP contribution in [0.3, 0.4) is 0 Å². The van der Waals surface area contributed by atoms with E-state index in [1.807, 2.05) is 6.07 Å². The van der Waals surface area contributed by atoms with Crippen LogP contribution in [0.4, 0.5) is 0 Å². The van der Waals surface area contributed by atoms with Crippen molar-refractivity contribution in [3.63, 3.8) is 0 Å². The lowest BCUT2D eigenvalue weighted by Gasteiger charge is -2.08. The number of aryl methyl sites for hydroxylation is 1. The SMILES string of the molecule is Cc1ccccc1CNCc1ccc(-c2ccn[nH]2)cc1. The number of hydrogen-bond acceptors (Lipinski definition) is 2. The van der Waals surface area contributed by atoms with Crippen molar-refractivity contribution >= 4 is 0 Å². The Morgan fingerprint density at radius 1 is 0.952 bits per heavy atom. The quantitative estimate of drug-likeness (QED) is 0.747. The second-order valence-electron chi connectivity index (χ2n) is 5.20. The van der Waals surface area contributed by atoms with Gasteiger partial charge < -0.3 is 5.32 Å². The molecule has 0 fully saturated rings. The molecule has 3 heteroatoms. The maximum atomic E-state index is 3.98. The number of rotatable bonds is 5. The Hall–Kier alpha value is -2.39. The van der Waals surface area contributed by atoms with Crippen LogP contribution in [0.15, 0.2) is 60.8 Å². The molecule has 0 radical (unpaired) electrons. The molecule has 21 heavy (non-hydrogen) atoms. The van der Waals surface area contributed by atoms with Gasteiger partial charge in [-0.2, -0.15) is 5.10 Å². The first-order valence-electron chi connectivity index (χ1n) is 7.17. The van der Waals surface area contributed by atoms with Gasteiger partial charge in [0, 0.05) is 19.3 Å². The van der Waals surface area contributed by atoms with Crippen molar-refractivity contribution in [3.8, 4) is 11.3 Å². The van der Waals surface area contributed by atoms with Crippen molar-refractivity contribution in [1.82, 2.24) is 15.5 Å². The highest BCUT2D eigenvalue weighted by atomic mass is 15.1. The van der Waals surface area contributed by atoms with E-state index in [0.717, 1.165) is 24.3 Å². The van der Waals surface area contributed by atoms with Gasteiger partial charge in [0.05, 0.1) is 5.69 Å². The molecule has 0 saturated heterocycles. The summed E-state index contributed by atoms with van der Waals surface area (Å²) < 4.78 is 0. The van der Waals surface area contributed by atoms with Crippen molar-refractivity contribution in [2.24, 2.45) is 0 Å². The second-order valence-corrected chi connectivity index (χ2v) is 5.20. The van der Waals surface area contributed by atoms with E-state index in [1.165, 1.54) is 16.7 Å². The van der Waals surface area contributed by atoms with Gasteiger partial charge in [-0.15, -0.1) is 0 Å². The molecular formula is C18H19N3. The summed E-state index contributed by atoms with van der Waals surface area (Å²) in [5.41, 5.74) is 6.18. The van der Waals surface area contributed by atoms with E-state index in [2.05, 4.69) is 71.0 Å². The number of H-pyrrole nitrogens is 1. The molecule has 1 aromatic heterocycles. The van der Waals surface area contributed by atoms with Gasteiger partial charge in [0.15, 0.2) is 0 Å². The molecule has 0 aliphatic carbocycles. The normalized spacial score (nSPS) is 10.7. The van der Waals surface area contributed by atoms with Crippen molar-refractivity contribution in [3.05, 3.63) is 77.5 Å². The van der Waals surface area contributed by atoms with Gasteiger partial charge in [-0.1, -0.05) is 48.5 Å². The molecule has 2 aromatic carbocycles. The summed E-state index contributed by atoms with van der Waals surface area (Å²) >= 11 is 0. The lowest BCUT2D eigenvalue weighted by atomic mass is 10.1. The first-order valence-corrected chi connectivity index (χ1v) is 7.17. The van der Waals surface area contributed by atoms with Gasteiger partial charge in [-0.3, -0.25) is 5.10 Å². The highest BCUT2D eigenvalue weighted by molar-refractivity contribution is 5.58. The molecular weight excluding hydrogens is 258 g/mol. The zero-order valence-corrected chi connectivity index (χ0v) is 12.1. The fourth-order valence-corrected chi connectivity index (χ4v) is 2.37. The molecule has 0 atom stereocenters. The summed E-state index contributed by atoms with van der Waals surface area (Å²) in [6, 6.07) is 19.0. The number of benzene rings is 2. The Balaban J connectivity index is 1.58. The number of hydrogen-bond donors (Lipinski definition) is 2. The van der Waals surface area contributed by atoms with Gasteiger partial charge in [0.2, 0.25) is 0 Å². The van der Waals surface area contributed by atoms with Gasteiger partial charge in [0.1, 0.15) is 0 Å². The first kappa shape index (κ1) is 13.6. The third-order valence-electron chi connectivity index (χ3n) is 3.67. The molecule has 106 valence electrons. The molecule has 2 N–H and O–H groups in total. The zero-order valence-electron chi connectivity index (χ0n) is 12.1. The van der Waals surface area contributed by atoms with Crippen LogP contribution < -0.4 is 5.32 Å². The summed E-state index contributed by atoms with van der Waals surface area (Å²) in [4.78, 5) is 0. The molecule has 0 aliphatic rings. The van der Waals surface area contributed by atoms with Crippen molar-refractivity contribution in [2.75, 3.05) is 0 Å². The van der Waals surface area contributed by atoms with Crippen molar-refractivity contribution < 1.29 is 0 Å².